The lowest BCUT2D eigenvalue weighted by Gasteiger charge is -2.18. The van der Waals surface area contributed by atoms with E-state index in [1.807, 2.05) is 0 Å². The zero-order valence-corrected chi connectivity index (χ0v) is 12.2. The van der Waals surface area contributed by atoms with Crippen LogP contribution in [0.25, 0.3) is 0 Å². The van der Waals surface area contributed by atoms with Crippen molar-refractivity contribution in [3.63, 3.8) is 0 Å². The Morgan fingerprint density at radius 3 is 2.12 bits per heavy atom. The minimum Gasteiger partial charge on any atom is -0.481 e. The van der Waals surface area contributed by atoms with E-state index in [1.165, 1.54) is 0 Å². The molecule has 7 nitrogen and oxygen atoms in total. The first kappa shape index (κ1) is 19.4. The number of rotatable bonds is 7. The van der Waals surface area contributed by atoms with Gasteiger partial charge in [0.25, 0.3) is 5.91 Å². The number of nitrogens with one attached hydrogen (secondary N) is 1. The van der Waals surface area contributed by atoms with Crippen LogP contribution in [0.1, 0.15) is 30.1 Å². The number of halogens is 3. The molecule has 0 spiro atoms. The predicted octanol–water partition coefficient (Wildman–Crippen LogP) is 0.574. The van der Waals surface area contributed by atoms with E-state index in [2.05, 4.69) is 5.32 Å². The van der Waals surface area contributed by atoms with Crippen molar-refractivity contribution in [3.8, 4) is 0 Å². The van der Waals surface area contributed by atoms with Gasteiger partial charge < -0.3 is 21.3 Å². The van der Waals surface area contributed by atoms with Gasteiger partial charge in [-0.25, -0.2) is 0 Å². The highest BCUT2D eigenvalue weighted by atomic mass is 19.4. The van der Waals surface area contributed by atoms with Gasteiger partial charge in [0.15, 0.2) is 6.10 Å². The van der Waals surface area contributed by atoms with E-state index >= 15 is 0 Å². The number of amides is 2. The van der Waals surface area contributed by atoms with Crippen molar-refractivity contribution in [2.75, 3.05) is 0 Å². The third kappa shape index (κ3) is 5.54. The molecule has 0 unspecified atom stereocenters. The fraction of sp³-hybridized carbons (Fsp3) is 0.357. The number of benzene rings is 1. The van der Waals surface area contributed by atoms with Crippen LogP contribution in [-0.4, -0.2) is 34.0 Å². The largest absolute Gasteiger partial charge is 0.481 e. The molecule has 2 amide bonds. The summed E-state index contributed by atoms with van der Waals surface area (Å²) in [5.74, 6) is -3.29. The van der Waals surface area contributed by atoms with Gasteiger partial charge in [-0.15, -0.1) is 0 Å². The average molecular weight is 348 g/mol. The first-order valence-electron chi connectivity index (χ1n) is 6.69. The summed E-state index contributed by atoms with van der Waals surface area (Å²) in [6.07, 6.45) is -7.11. The third-order valence-electron chi connectivity index (χ3n) is 3.11. The van der Waals surface area contributed by atoms with Crippen LogP contribution >= 0.6 is 0 Å². The molecule has 24 heavy (non-hydrogen) atoms. The Kier molecular flexibility index (Phi) is 6.29. The standard InChI is InChI=1S/C14H15F3N2O5/c15-14(16,17)8-3-1-7(2-4-8)11(22)13(24)19-9(12(18)23)5-6-10(20)21/h1-4,9,11,22H,5-6H2,(H2,18,23)(H,19,24)(H,20,21)/t9-,11-/m1/s1. The Morgan fingerprint density at radius 1 is 1.17 bits per heavy atom. The first-order valence-corrected chi connectivity index (χ1v) is 6.69. The van der Waals surface area contributed by atoms with Crippen molar-refractivity contribution in [3.05, 3.63) is 35.4 Å². The number of hydrogen-bond acceptors (Lipinski definition) is 4. The molecule has 0 bridgehead atoms. The molecular weight excluding hydrogens is 333 g/mol. The number of hydrogen-bond donors (Lipinski definition) is 4. The molecule has 132 valence electrons. The second-order valence-electron chi connectivity index (χ2n) is 4.92. The number of carbonyl (C=O) groups is 3. The molecule has 1 aromatic rings. The molecule has 0 aliphatic rings. The first-order chi connectivity index (χ1) is 11.0. The van der Waals surface area contributed by atoms with Gasteiger partial charge in [0.2, 0.25) is 5.91 Å². The summed E-state index contributed by atoms with van der Waals surface area (Å²) < 4.78 is 37.3. The van der Waals surface area contributed by atoms with Crippen LogP contribution in [0.3, 0.4) is 0 Å². The maximum absolute atomic E-state index is 12.4. The number of aliphatic carboxylic acids is 1. The maximum atomic E-state index is 12.4. The zero-order chi connectivity index (χ0) is 18.5. The summed E-state index contributed by atoms with van der Waals surface area (Å²) in [5.41, 5.74) is 3.95. The van der Waals surface area contributed by atoms with E-state index in [0.29, 0.717) is 12.1 Å². The lowest BCUT2D eigenvalue weighted by atomic mass is 10.0. The van der Waals surface area contributed by atoms with Gasteiger partial charge in [0, 0.05) is 6.42 Å². The van der Waals surface area contributed by atoms with E-state index < -0.39 is 48.1 Å². The smallest absolute Gasteiger partial charge is 0.416 e. The number of carbonyl (C=O) groups excluding carboxylic acids is 2. The Hall–Kier alpha value is -2.62. The van der Waals surface area contributed by atoms with Crippen LogP contribution in [0.2, 0.25) is 0 Å². The van der Waals surface area contributed by atoms with Crippen molar-refractivity contribution in [1.29, 1.82) is 0 Å². The van der Waals surface area contributed by atoms with Crippen LogP contribution < -0.4 is 11.1 Å². The number of carboxylic acid groups (broad SMARTS) is 1. The summed E-state index contributed by atoms with van der Waals surface area (Å²) in [5, 5.41) is 20.4. The number of alkyl halides is 3. The van der Waals surface area contributed by atoms with Gasteiger partial charge in [0.1, 0.15) is 6.04 Å². The molecule has 0 aromatic heterocycles. The van der Waals surface area contributed by atoms with E-state index in [9.17, 15) is 32.7 Å². The minimum atomic E-state index is -4.56. The molecule has 1 rings (SSSR count). The summed E-state index contributed by atoms with van der Waals surface area (Å²) in [7, 11) is 0. The summed E-state index contributed by atoms with van der Waals surface area (Å²) in [6, 6.07) is 1.91. The highest BCUT2D eigenvalue weighted by molar-refractivity contribution is 5.89. The molecule has 1 aromatic carbocycles. The van der Waals surface area contributed by atoms with Crippen LogP contribution in [-0.2, 0) is 20.6 Å². The fourth-order valence-corrected chi connectivity index (χ4v) is 1.81. The maximum Gasteiger partial charge on any atom is 0.416 e. The predicted molar refractivity (Wildman–Crippen MR) is 74.4 cm³/mol. The highest BCUT2D eigenvalue weighted by Crippen LogP contribution is 2.29. The van der Waals surface area contributed by atoms with Crippen LogP contribution in [0.4, 0.5) is 13.2 Å². The number of aliphatic hydroxyl groups excluding tert-OH is 1. The quantitative estimate of drug-likeness (QED) is 0.572. The Labute approximate surface area is 134 Å². The normalized spacial score (nSPS) is 13.8. The van der Waals surface area contributed by atoms with Gasteiger partial charge in [-0.2, -0.15) is 13.2 Å². The molecule has 0 aliphatic carbocycles. The second kappa shape index (κ2) is 7.77. The van der Waals surface area contributed by atoms with Gasteiger partial charge in [-0.05, 0) is 24.1 Å². The molecule has 0 saturated carbocycles. The van der Waals surface area contributed by atoms with Gasteiger partial charge >= 0.3 is 12.1 Å². The molecule has 0 radical (unpaired) electrons. The van der Waals surface area contributed by atoms with Crippen molar-refractivity contribution < 1.29 is 37.8 Å². The van der Waals surface area contributed by atoms with E-state index in [4.69, 9.17) is 10.8 Å². The number of carboxylic acids is 1. The highest BCUT2D eigenvalue weighted by Gasteiger charge is 2.31. The molecule has 0 aliphatic heterocycles. The summed E-state index contributed by atoms with van der Waals surface area (Å²) in [6.45, 7) is 0. The van der Waals surface area contributed by atoms with Crippen molar-refractivity contribution in [2.24, 2.45) is 5.73 Å². The lowest BCUT2D eigenvalue weighted by Crippen LogP contribution is -2.46. The van der Waals surface area contributed by atoms with E-state index in [-0.39, 0.29) is 12.0 Å². The van der Waals surface area contributed by atoms with Crippen molar-refractivity contribution >= 4 is 17.8 Å². The van der Waals surface area contributed by atoms with E-state index in [1.54, 1.807) is 0 Å². The monoisotopic (exact) mass is 348 g/mol. The van der Waals surface area contributed by atoms with Crippen LogP contribution in [0.15, 0.2) is 24.3 Å². The fourth-order valence-electron chi connectivity index (χ4n) is 1.81. The number of nitrogens with two attached hydrogens (primary N) is 1. The van der Waals surface area contributed by atoms with E-state index in [0.717, 1.165) is 12.1 Å². The van der Waals surface area contributed by atoms with Gasteiger partial charge in [-0.1, -0.05) is 12.1 Å². The molecule has 0 fully saturated rings. The summed E-state index contributed by atoms with van der Waals surface area (Å²) >= 11 is 0. The van der Waals surface area contributed by atoms with Crippen LogP contribution in [0.5, 0.6) is 0 Å². The van der Waals surface area contributed by atoms with Crippen molar-refractivity contribution in [1.82, 2.24) is 5.32 Å². The number of primary amides is 1. The lowest BCUT2D eigenvalue weighted by molar-refractivity contribution is -0.139. The molecule has 0 heterocycles. The minimum absolute atomic E-state index is 0.123. The Balaban J connectivity index is 2.78. The third-order valence-corrected chi connectivity index (χ3v) is 3.11. The Morgan fingerprint density at radius 2 is 1.71 bits per heavy atom. The molecule has 10 heteroatoms. The van der Waals surface area contributed by atoms with Crippen molar-refractivity contribution in [2.45, 2.75) is 31.2 Å². The molecule has 5 N–H and O–H groups in total. The van der Waals surface area contributed by atoms with Crippen LogP contribution in [0, 0.1) is 0 Å². The molecular formula is C14H15F3N2O5. The SMILES string of the molecule is NC(=O)[C@@H](CCC(=O)O)NC(=O)[C@H](O)c1ccc(C(F)(F)F)cc1. The number of aliphatic hydroxyl groups is 1. The Bertz CT molecular complexity index is 616. The topological polar surface area (TPSA) is 130 Å². The molecule has 0 saturated heterocycles. The molecule has 2 atom stereocenters. The van der Waals surface area contributed by atoms with Gasteiger partial charge in [0.05, 0.1) is 5.56 Å². The zero-order valence-electron chi connectivity index (χ0n) is 12.2. The second-order valence-corrected chi connectivity index (χ2v) is 4.92. The summed E-state index contributed by atoms with van der Waals surface area (Å²) in [4.78, 5) is 33.5. The van der Waals surface area contributed by atoms with Gasteiger partial charge in [-0.3, -0.25) is 14.4 Å². The average Bonchev–Trinajstić information content (AvgIpc) is 2.49.